The summed E-state index contributed by atoms with van der Waals surface area (Å²) in [6.45, 7) is 2.90. The maximum absolute atomic E-state index is 12.1. The smallest absolute Gasteiger partial charge is 0.331 e. The third-order valence-electron chi connectivity index (χ3n) is 3.40. The highest BCUT2D eigenvalue weighted by atomic mass is 79.9. The van der Waals surface area contributed by atoms with E-state index >= 15 is 0 Å². The molecule has 0 N–H and O–H groups in total. The minimum absolute atomic E-state index is 0.0227. The molecule has 6 nitrogen and oxygen atoms in total. The summed E-state index contributed by atoms with van der Waals surface area (Å²) < 4.78 is 27.7. The van der Waals surface area contributed by atoms with Gasteiger partial charge in [0.1, 0.15) is 16.9 Å². The number of fused-ring (bicyclic) bond motifs is 1. The SMILES string of the molecule is CC1(C)[C@H](C(=O)OCBr)N2C(=O)C[C@H]2S1(=O)=O. The second-order valence-corrected chi connectivity index (χ2v) is 7.73. The summed E-state index contributed by atoms with van der Waals surface area (Å²) in [6.07, 6.45) is -0.0378. The predicted molar refractivity (Wildman–Crippen MR) is 61.9 cm³/mol. The fourth-order valence-corrected chi connectivity index (χ4v) is 4.69. The number of β-lactam (4-membered cyclic amide) rings is 1. The van der Waals surface area contributed by atoms with Crippen molar-refractivity contribution in [1.82, 2.24) is 4.90 Å². The van der Waals surface area contributed by atoms with Gasteiger partial charge in [0.15, 0.2) is 9.84 Å². The van der Waals surface area contributed by atoms with Crippen LogP contribution in [0.3, 0.4) is 0 Å². The van der Waals surface area contributed by atoms with Gasteiger partial charge in [0, 0.05) is 0 Å². The normalized spacial score (nSPS) is 32.9. The van der Waals surface area contributed by atoms with Gasteiger partial charge in [0.25, 0.3) is 0 Å². The second kappa shape index (κ2) is 3.68. The zero-order chi connectivity index (χ0) is 13.0. The number of nitrogens with zero attached hydrogens (tertiary/aromatic N) is 1. The molecule has 8 heteroatoms. The average Bonchev–Trinajstić information content (AvgIpc) is 2.32. The van der Waals surface area contributed by atoms with Crippen LogP contribution in [-0.2, 0) is 24.2 Å². The number of esters is 1. The Kier molecular flexibility index (Phi) is 2.77. The van der Waals surface area contributed by atoms with E-state index in [1.165, 1.54) is 13.8 Å². The van der Waals surface area contributed by atoms with Crippen LogP contribution in [0.15, 0.2) is 0 Å². The zero-order valence-corrected chi connectivity index (χ0v) is 11.7. The highest BCUT2D eigenvalue weighted by molar-refractivity contribution is 9.09. The van der Waals surface area contributed by atoms with E-state index in [9.17, 15) is 18.0 Å². The number of alkyl halides is 1. The summed E-state index contributed by atoms with van der Waals surface area (Å²) in [4.78, 5) is 24.3. The Balaban J connectivity index is 2.44. The highest BCUT2D eigenvalue weighted by Gasteiger charge is 2.68. The molecule has 0 spiro atoms. The highest BCUT2D eigenvalue weighted by Crippen LogP contribution is 2.45. The van der Waals surface area contributed by atoms with E-state index in [0.29, 0.717) is 0 Å². The van der Waals surface area contributed by atoms with Crippen LogP contribution in [0.25, 0.3) is 0 Å². The lowest BCUT2D eigenvalue weighted by molar-refractivity contribution is -0.159. The first-order chi connectivity index (χ1) is 7.75. The molecule has 2 rings (SSSR count). The van der Waals surface area contributed by atoms with Crippen molar-refractivity contribution in [1.29, 1.82) is 0 Å². The summed E-state index contributed by atoms with van der Waals surface area (Å²) in [5.41, 5.74) is -0.0227. The quantitative estimate of drug-likeness (QED) is 0.406. The predicted octanol–water partition coefficient (Wildman–Crippen LogP) is 0.0160. The van der Waals surface area contributed by atoms with Gasteiger partial charge in [-0.05, 0) is 29.8 Å². The lowest BCUT2D eigenvalue weighted by atomic mass is 9.98. The van der Waals surface area contributed by atoms with Crippen LogP contribution in [0.1, 0.15) is 20.3 Å². The van der Waals surface area contributed by atoms with Crippen molar-refractivity contribution in [3.8, 4) is 0 Å². The number of carbonyl (C=O) groups is 2. The third-order valence-corrected chi connectivity index (χ3v) is 6.42. The van der Waals surface area contributed by atoms with Crippen molar-refractivity contribution in [2.75, 3.05) is 5.52 Å². The lowest BCUT2D eigenvalue weighted by Gasteiger charge is -2.36. The number of carbonyl (C=O) groups excluding carboxylic acids is 2. The van der Waals surface area contributed by atoms with E-state index < -0.39 is 32.0 Å². The second-order valence-electron chi connectivity index (χ2n) is 4.58. The Morgan fingerprint density at radius 3 is 2.65 bits per heavy atom. The Morgan fingerprint density at radius 2 is 2.18 bits per heavy atom. The molecular weight excluding hydrogens is 314 g/mol. The number of hydrogen-bond acceptors (Lipinski definition) is 5. The van der Waals surface area contributed by atoms with E-state index in [4.69, 9.17) is 4.74 Å². The fourth-order valence-electron chi connectivity index (χ4n) is 2.34. The molecular formula is C9H12BrNO5S. The van der Waals surface area contributed by atoms with Gasteiger partial charge in [-0.3, -0.25) is 4.79 Å². The van der Waals surface area contributed by atoms with Crippen LogP contribution in [0.2, 0.25) is 0 Å². The van der Waals surface area contributed by atoms with Crippen LogP contribution in [0, 0.1) is 0 Å². The van der Waals surface area contributed by atoms with Gasteiger partial charge < -0.3 is 9.64 Å². The number of amides is 1. The Labute approximate surface area is 107 Å². The minimum Gasteiger partial charge on any atom is -0.452 e. The topological polar surface area (TPSA) is 80.8 Å². The molecule has 0 unspecified atom stereocenters. The summed E-state index contributed by atoms with van der Waals surface area (Å²) in [7, 11) is -3.52. The molecule has 0 aliphatic carbocycles. The third kappa shape index (κ3) is 1.46. The van der Waals surface area contributed by atoms with Gasteiger partial charge in [0.05, 0.1) is 11.2 Å². The Hall–Kier alpha value is -0.630. The van der Waals surface area contributed by atoms with Crippen LogP contribution in [0.5, 0.6) is 0 Å². The summed E-state index contributed by atoms with van der Waals surface area (Å²) in [5, 5.41) is -0.863. The largest absolute Gasteiger partial charge is 0.452 e. The fraction of sp³-hybridized carbons (Fsp3) is 0.778. The molecule has 17 heavy (non-hydrogen) atoms. The molecule has 2 fully saturated rings. The van der Waals surface area contributed by atoms with Gasteiger partial charge in [-0.2, -0.15) is 0 Å². The summed E-state index contributed by atoms with van der Waals surface area (Å²) >= 11 is 2.94. The first-order valence-electron chi connectivity index (χ1n) is 5.02. The van der Waals surface area contributed by atoms with E-state index in [1.807, 2.05) is 0 Å². The van der Waals surface area contributed by atoms with E-state index in [-0.39, 0.29) is 17.8 Å². The van der Waals surface area contributed by atoms with Gasteiger partial charge in [-0.15, -0.1) is 0 Å². The standard InChI is InChI=1S/C9H12BrNO5S/c1-9(2)7(8(13)16-4-10)11-5(12)3-6(11)17(9,14)15/h6-7H,3-4H2,1-2H3/t6-,7+/m1/s1. The molecule has 1 amide bonds. The molecule has 2 heterocycles. The van der Waals surface area contributed by atoms with Crippen molar-refractivity contribution in [3.05, 3.63) is 0 Å². The van der Waals surface area contributed by atoms with Gasteiger partial charge >= 0.3 is 5.97 Å². The molecule has 2 saturated heterocycles. The molecule has 0 aromatic carbocycles. The van der Waals surface area contributed by atoms with E-state index in [0.717, 1.165) is 4.90 Å². The molecule has 96 valence electrons. The summed E-state index contributed by atoms with van der Waals surface area (Å²) in [6, 6.07) is -1.05. The van der Waals surface area contributed by atoms with Gasteiger partial charge in [-0.25, -0.2) is 13.2 Å². The lowest BCUT2D eigenvalue weighted by Crippen LogP contribution is -2.57. The number of rotatable bonds is 2. The number of halogens is 1. The maximum atomic E-state index is 12.1. The van der Waals surface area contributed by atoms with Crippen molar-refractivity contribution in [3.63, 3.8) is 0 Å². The summed E-state index contributed by atoms with van der Waals surface area (Å²) in [5.74, 6) is -1.01. The van der Waals surface area contributed by atoms with E-state index in [2.05, 4.69) is 15.9 Å². The van der Waals surface area contributed by atoms with Crippen molar-refractivity contribution in [2.24, 2.45) is 0 Å². The van der Waals surface area contributed by atoms with Crippen LogP contribution < -0.4 is 0 Å². The Morgan fingerprint density at radius 1 is 1.59 bits per heavy atom. The van der Waals surface area contributed by atoms with Gasteiger partial charge in [0.2, 0.25) is 5.91 Å². The van der Waals surface area contributed by atoms with Crippen molar-refractivity contribution < 1.29 is 22.7 Å². The molecule has 0 saturated carbocycles. The zero-order valence-electron chi connectivity index (χ0n) is 9.34. The van der Waals surface area contributed by atoms with E-state index in [1.54, 1.807) is 0 Å². The molecule has 0 radical (unpaired) electrons. The minimum atomic E-state index is -3.52. The Bertz CT molecular complexity index is 486. The number of hydrogen-bond donors (Lipinski definition) is 0. The van der Waals surface area contributed by atoms with Crippen LogP contribution in [0.4, 0.5) is 0 Å². The maximum Gasteiger partial charge on any atom is 0.331 e. The molecule has 2 aliphatic rings. The first-order valence-corrected chi connectivity index (χ1v) is 7.69. The number of sulfone groups is 1. The average molecular weight is 326 g/mol. The first kappa shape index (κ1) is 12.8. The monoisotopic (exact) mass is 325 g/mol. The molecule has 0 aromatic heterocycles. The molecule has 0 bridgehead atoms. The molecule has 2 aliphatic heterocycles. The van der Waals surface area contributed by atoms with Crippen molar-refractivity contribution >= 4 is 37.6 Å². The van der Waals surface area contributed by atoms with Crippen LogP contribution in [-0.4, -0.2) is 46.9 Å². The molecule has 2 atom stereocenters. The van der Waals surface area contributed by atoms with Crippen LogP contribution >= 0.6 is 15.9 Å². The van der Waals surface area contributed by atoms with Crippen molar-refractivity contribution in [2.45, 2.75) is 36.4 Å². The number of ether oxygens (including phenoxy) is 1. The van der Waals surface area contributed by atoms with Gasteiger partial charge in [-0.1, -0.05) is 0 Å². The molecule has 0 aromatic rings.